The molecule has 0 fully saturated rings. The minimum absolute atomic E-state index is 0.262. The third-order valence-electron chi connectivity index (χ3n) is 1.95. The largest absolute Gasteiger partial charge is 0.459 e. The average molecular weight is 202 g/mol. The maximum absolute atomic E-state index is 11.6. The fraction of sp³-hybridized carbons (Fsp3) is 0. The third kappa shape index (κ3) is 1.99. The van der Waals surface area contributed by atoms with Crippen LogP contribution in [0, 0.1) is 0 Å². The van der Waals surface area contributed by atoms with Gasteiger partial charge in [-0.2, -0.15) is 0 Å². The van der Waals surface area contributed by atoms with E-state index < -0.39 is 0 Å². The van der Waals surface area contributed by atoms with Crippen LogP contribution in [-0.4, -0.2) is 5.91 Å². The van der Waals surface area contributed by atoms with Crippen LogP contribution in [0.5, 0.6) is 0 Å². The highest BCUT2D eigenvalue weighted by molar-refractivity contribution is 6.03. The highest BCUT2D eigenvalue weighted by Crippen LogP contribution is 2.17. The lowest BCUT2D eigenvalue weighted by Gasteiger charge is -2.05. The second kappa shape index (κ2) is 3.88. The van der Waals surface area contributed by atoms with Crippen molar-refractivity contribution in [1.29, 1.82) is 0 Å². The van der Waals surface area contributed by atoms with Gasteiger partial charge >= 0.3 is 0 Å². The van der Waals surface area contributed by atoms with Crippen LogP contribution in [0.2, 0.25) is 0 Å². The number of benzene rings is 1. The number of rotatable bonds is 2. The molecule has 1 aromatic heterocycles. The number of carbonyl (C=O) groups excluding carboxylic acids is 1. The number of nitrogen functional groups attached to an aromatic ring is 1. The van der Waals surface area contributed by atoms with Gasteiger partial charge in [0, 0.05) is 0 Å². The Bertz CT molecular complexity index is 463. The van der Waals surface area contributed by atoms with E-state index in [-0.39, 0.29) is 11.7 Å². The van der Waals surface area contributed by atoms with Crippen molar-refractivity contribution in [3.63, 3.8) is 0 Å². The number of anilines is 2. The summed E-state index contributed by atoms with van der Waals surface area (Å²) in [5.41, 5.74) is 6.78. The van der Waals surface area contributed by atoms with Gasteiger partial charge in [0.05, 0.1) is 17.6 Å². The number of hydrogen-bond acceptors (Lipinski definition) is 3. The van der Waals surface area contributed by atoms with Crippen LogP contribution in [0.15, 0.2) is 47.1 Å². The molecule has 0 saturated heterocycles. The normalized spacial score (nSPS) is 9.87. The lowest BCUT2D eigenvalue weighted by Crippen LogP contribution is -2.12. The van der Waals surface area contributed by atoms with E-state index in [1.165, 1.54) is 6.26 Å². The highest BCUT2D eigenvalue weighted by Gasteiger charge is 2.09. The molecule has 0 radical (unpaired) electrons. The Balaban J connectivity index is 2.17. The summed E-state index contributed by atoms with van der Waals surface area (Å²) in [6, 6.07) is 10.3. The molecule has 2 rings (SSSR count). The smallest absolute Gasteiger partial charge is 0.291 e. The summed E-state index contributed by atoms with van der Waals surface area (Å²) in [5.74, 6) is -0.0452. The van der Waals surface area contributed by atoms with Gasteiger partial charge in [-0.1, -0.05) is 12.1 Å². The summed E-state index contributed by atoms with van der Waals surface area (Å²) in [6.45, 7) is 0. The van der Waals surface area contributed by atoms with Crippen LogP contribution in [0.1, 0.15) is 10.6 Å². The van der Waals surface area contributed by atoms with Gasteiger partial charge in [-0.15, -0.1) is 0 Å². The Hall–Kier alpha value is -2.23. The van der Waals surface area contributed by atoms with Crippen molar-refractivity contribution in [1.82, 2.24) is 0 Å². The first-order valence-corrected chi connectivity index (χ1v) is 4.47. The number of nitrogens with one attached hydrogen (secondary N) is 1. The Labute approximate surface area is 86.7 Å². The summed E-state index contributed by atoms with van der Waals surface area (Å²) in [6.07, 6.45) is 1.45. The number of para-hydroxylation sites is 2. The second-order valence-electron chi connectivity index (χ2n) is 3.02. The van der Waals surface area contributed by atoms with Crippen molar-refractivity contribution in [2.75, 3.05) is 11.1 Å². The first kappa shape index (κ1) is 9.33. The van der Waals surface area contributed by atoms with Crippen molar-refractivity contribution in [2.45, 2.75) is 0 Å². The molecule has 0 bridgehead atoms. The van der Waals surface area contributed by atoms with Gasteiger partial charge in [-0.3, -0.25) is 4.79 Å². The maximum Gasteiger partial charge on any atom is 0.291 e. The lowest BCUT2D eigenvalue weighted by atomic mass is 10.2. The molecule has 3 N–H and O–H groups in total. The topological polar surface area (TPSA) is 68.3 Å². The number of nitrogens with two attached hydrogens (primary N) is 1. The summed E-state index contributed by atoms with van der Waals surface area (Å²) in [4.78, 5) is 11.6. The van der Waals surface area contributed by atoms with Crippen molar-refractivity contribution >= 4 is 17.3 Å². The zero-order valence-electron chi connectivity index (χ0n) is 7.94. The van der Waals surface area contributed by atoms with Crippen LogP contribution in [0.4, 0.5) is 11.4 Å². The lowest BCUT2D eigenvalue weighted by molar-refractivity contribution is 0.0996. The molecule has 0 aliphatic carbocycles. The van der Waals surface area contributed by atoms with Gasteiger partial charge in [0.25, 0.3) is 5.91 Å². The molecular formula is C11H10N2O2. The molecule has 0 aliphatic rings. The van der Waals surface area contributed by atoms with Crippen LogP contribution < -0.4 is 11.1 Å². The van der Waals surface area contributed by atoms with Crippen LogP contribution in [-0.2, 0) is 0 Å². The molecule has 76 valence electrons. The van der Waals surface area contributed by atoms with E-state index in [0.717, 1.165) is 0 Å². The molecule has 15 heavy (non-hydrogen) atoms. The van der Waals surface area contributed by atoms with Gasteiger partial charge in [0.15, 0.2) is 5.76 Å². The predicted octanol–water partition coefficient (Wildman–Crippen LogP) is 2.11. The minimum Gasteiger partial charge on any atom is -0.459 e. The summed E-state index contributed by atoms with van der Waals surface area (Å²) >= 11 is 0. The van der Waals surface area contributed by atoms with E-state index >= 15 is 0 Å². The van der Waals surface area contributed by atoms with E-state index in [9.17, 15) is 4.79 Å². The predicted molar refractivity (Wildman–Crippen MR) is 57.5 cm³/mol. The molecule has 2 aromatic rings. The minimum atomic E-state index is -0.307. The third-order valence-corrected chi connectivity index (χ3v) is 1.95. The molecular weight excluding hydrogens is 192 g/mol. The average Bonchev–Trinajstić information content (AvgIpc) is 2.74. The van der Waals surface area contributed by atoms with Gasteiger partial charge in [-0.05, 0) is 24.3 Å². The first-order chi connectivity index (χ1) is 7.27. The van der Waals surface area contributed by atoms with Crippen molar-refractivity contribution in [3.05, 3.63) is 48.4 Å². The Kier molecular flexibility index (Phi) is 2.41. The van der Waals surface area contributed by atoms with E-state index in [0.29, 0.717) is 11.4 Å². The number of hydrogen-bond donors (Lipinski definition) is 2. The molecule has 1 amide bonds. The van der Waals surface area contributed by atoms with Crippen LogP contribution in [0.3, 0.4) is 0 Å². The van der Waals surface area contributed by atoms with Crippen LogP contribution >= 0.6 is 0 Å². The van der Waals surface area contributed by atoms with Gasteiger partial charge in [0.2, 0.25) is 0 Å². The molecule has 1 heterocycles. The molecule has 0 aliphatic heterocycles. The number of furan rings is 1. The SMILES string of the molecule is Nc1ccccc1NC(=O)c1ccco1. The Morgan fingerprint density at radius 1 is 1.20 bits per heavy atom. The molecule has 0 atom stereocenters. The Morgan fingerprint density at radius 3 is 2.67 bits per heavy atom. The van der Waals surface area contributed by atoms with E-state index in [2.05, 4.69) is 5.32 Å². The quantitative estimate of drug-likeness (QED) is 0.733. The monoisotopic (exact) mass is 202 g/mol. The maximum atomic E-state index is 11.6. The van der Waals surface area contributed by atoms with Crippen molar-refractivity contribution < 1.29 is 9.21 Å². The molecule has 4 nitrogen and oxygen atoms in total. The molecule has 0 saturated carbocycles. The molecule has 0 unspecified atom stereocenters. The summed E-state index contributed by atoms with van der Waals surface area (Å²) in [7, 11) is 0. The fourth-order valence-electron chi connectivity index (χ4n) is 1.20. The highest BCUT2D eigenvalue weighted by atomic mass is 16.3. The zero-order chi connectivity index (χ0) is 10.7. The Morgan fingerprint density at radius 2 is 2.00 bits per heavy atom. The van der Waals surface area contributed by atoms with Gasteiger partial charge in [-0.25, -0.2) is 0 Å². The fourth-order valence-corrected chi connectivity index (χ4v) is 1.20. The van der Waals surface area contributed by atoms with Gasteiger partial charge in [0.1, 0.15) is 0 Å². The number of amides is 1. The number of carbonyl (C=O) groups is 1. The van der Waals surface area contributed by atoms with Crippen molar-refractivity contribution in [3.8, 4) is 0 Å². The van der Waals surface area contributed by atoms with E-state index in [1.807, 2.05) is 0 Å². The first-order valence-electron chi connectivity index (χ1n) is 4.47. The standard InChI is InChI=1S/C11H10N2O2/c12-8-4-1-2-5-9(8)13-11(14)10-6-3-7-15-10/h1-7H,12H2,(H,13,14). The van der Waals surface area contributed by atoms with Crippen LogP contribution in [0.25, 0.3) is 0 Å². The second-order valence-corrected chi connectivity index (χ2v) is 3.02. The molecule has 4 heteroatoms. The summed E-state index contributed by atoms with van der Waals surface area (Å²) in [5, 5.41) is 2.65. The molecule has 1 aromatic carbocycles. The molecule has 0 spiro atoms. The van der Waals surface area contributed by atoms with E-state index in [4.69, 9.17) is 10.2 Å². The van der Waals surface area contributed by atoms with E-state index in [1.54, 1.807) is 36.4 Å². The zero-order valence-corrected chi connectivity index (χ0v) is 7.94. The van der Waals surface area contributed by atoms with Gasteiger partial charge < -0.3 is 15.5 Å². The van der Waals surface area contributed by atoms with Crippen molar-refractivity contribution in [2.24, 2.45) is 0 Å². The summed E-state index contributed by atoms with van der Waals surface area (Å²) < 4.78 is 4.95.